The fraction of sp³-hybridized carbons (Fsp3) is 0.571. The predicted octanol–water partition coefficient (Wildman–Crippen LogP) is 0.0696. The van der Waals surface area contributed by atoms with Crippen molar-refractivity contribution in [3.8, 4) is 0 Å². The number of benzene rings is 1. The summed E-state index contributed by atoms with van der Waals surface area (Å²) in [6.07, 6.45) is 2.42. The molecular formula is C21H30N6O4S. The van der Waals surface area contributed by atoms with Crippen LogP contribution in [0.5, 0.6) is 0 Å². The number of rotatable bonds is 5. The van der Waals surface area contributed by atoms with Crippen LogP contribution in [-0.2, 0) is 28.4 Å². The van der Waals surface area contributed by atoms with Gasteiger partial charge in [0.15, 0.2) is 0 Å². The number of piperidine rings is 1. The summed E-state index contributed by atoms with van der Waals surface area (Å²) in [5.41, 5.74) is 0.828. The summed E-state index contributed by atoms with van der Waals surface area (Å²) in [6, 6.07) is 10.1. The zero-order valence-corrected chi connectivity index (χ0v) is 19.4. The molecule has 2 saturated heterocycles. The summed E-state index contributed by atoms with van der Waals surface area (Å²) < 4.78 is 27.6. The van der Waals surface area contributed by atoms with Gasteiger partial charge in [-0.2, -0.15) is 5.10 Å². The monoisotopic (exact) mass is 462 g/mol. The van der Waals surface area contributed by atoms with Gasteiger partial charge in [0, 0.05) is 57.9 Å². The van der Waals surface area contributed by atoms with Gasteiger partial charge >= 0.3 is 5.69 Å². The minimum Gasteiger partial charge on any atom is -0.368 e. The molecule has 0 spiro atoms. The molecule has 0 atom stereocenters. The third-order valence-corrected chi connectivity index (χ3v) is 7.70. The normalized spacial score (nSPS) is 18.8. The third kappa shape index (κ3) is 4.73. The number of hydrogen-bond donors (Lipinski definition) is 0. The molecule has 2 aliphatic heterocycles. The van der Waals surface area contributed by atoms with E-state index in [0.29, 0.717) is 44.8 Å². The molecule has 2 aromatic rings. The Labute approximate surface area is 188 Å². The predicted molar refractivity (Wildman–Crippen MR) is 121 cm³/mol. The van der Waals surface area contributed by atoms with Gasteiger partial charge < -0.3 is 9.80 Å². The molecule has 10 nitrogen and oxygen atoms in total. The summed E-state index contributed by atoms with van der Waals surface area (Å²) in [6.45, 7) is 3.44. The second-order valence-electron chi connectivity index (χ2n) is 8.50. The van der Waals surface area contributed by atoms with Crippen molar-refractivity contribution in [2.24, 2.45) is 7.05 Å². The zero-order chi connectivity index (χ0) is 22.9. The second-order valence-corrected chi connectivity index (χ2v) is 10.5. The van der Waals surface area contributed by atoms with Gasteiger partial charge in [-0.3, -0.25) is 9.36 Å². The highest BCUT2D eigenvalue weighted by atomic mass is 32.2. The van der Waals surface area contributed by atoms with Crippen molar-refractivity contribution >= 4 is 21.6 Å². The van der Waals surface area contributed by atoms with E-state index in [2.05, 4.69) is 22.1 Å². The molecule has 2 fully saturated rings. The number of anilines is 1. The molecule has 32 heavy (non-hydrogen) atoms. The van der Waals surface area contributed by atoms with E-state index in [1.165, 1.54) is 19.8 Å². The van der Waals surface area contributed by atoms with Crippen molar-refractivity contribution in [3.63, 3.8) is 0 Å². The van der Waals surface area contributed by atoms with Crippen molar-refractivity contribution in [2.75, 3.05) is 50.4 Å². The largest absolute Gasteiger partial charge is 0.368 e. The van der Waals surface area contributed by atoms with E-state index in [1.54, 1.807) is 11.9 Å². The number of hydrogen-bond acceptors (Lipinski definition) is 6. The van der Waals surface area contributed by atoms with E-state index in [0.717, 1.165) is 18.8 Å². The first kappa shape index (κ1) is 22.5. The average molecular weight is 463 g/mol. The minimum atomic E-state index is -3.21. The number of piperazine rings is 1. The van der Waals surface area contributed by atoms with Crippen LogP contribution in [0, 0.1) is 0 Å². The Hall–Kier alpha value is -2.66. The molecule has 1 aromatic heterocycles. The zero-order valence-electron chi connectivity index (χ0n) is 18.6. The summed E-state index contributed by atoms with van der Waals surface area (Å²) in [7, 11) is -1.55. The van der Waals surface area contributed by atoms with Gasteiger partial charge in [0.1, 0.15) is 12.4 Å². The van der Waals surface area contributed by atoms with Crippen LogP contribution < -0.4 is 10.6 Å². The standard InChI is InChI=1S/C21H30N6O4S/c1-23-20(17-8-10-26(11-9-17)32(2,30)31)22-27(21(23)29)16-19(28)25-14-12-24(13-15-25)18-6-4-3-5-7-18/h3-7,17H,8-16H2,1-2H3. The summed E-state index contributed by atoms with van der Waals surface area (Å²) in [5, 5.41) is 4.46. The lowest BCUT2D eigenvalue weighted by Crippen LogP contribution is -2.50. The van der Waals surface area contributed by atoms with Gasteiger partial charge in [-0.05, 0) is 25.0 Å². The molecule has 0 N–H and O–H groups in total. The van der Waals surface area contributed by atoms with Crippen LogP contribution in [0.15, 0.2) is 35.1 Å². The molecule has 0 bridgehead atoms. The Balaban J connectivity index is 1.37. The number of carbonyl (C=O) groups excluding carboxylic acids is 1. The molecule has 4 rings (SSSR count). The van der Waals surface area contributed by atoms with E-state index in [1.807, 2.05) is 18.2 Å². The average Bonchev–Trinajstić information content (AvgIpc) is 3.08. The fourth-order valence-corrected chi connectivity index (χ4v) is 5.36. The molecule has 1 amide bonds. The first-order chi connectivity index (χ1) is 15.2. The first-order valence-corrected chi connectivity index (χ1v) is 12.8. The number of aromatic nitrogens is 3. The molecular weight excluding hydrogens is 432 g/mol. The van der Waals surface area contributed by atoms with E-state index in [4.69, 9.17) is 0 Å². The van der Waals surface area contributed by atoms with Crippen molar-refractivity contribution < 1.29 is 13.2 Å². The lowest BCUT2D eigenvalue weighted by Gasteiger charge is -2.36. The van der Waals surface area contributed by atoms with Crippen molar-refractivity contribution in [3.05, 3.63) is 46.6 Å². The van der Waals surface area contributed by atoms with Gasteiger partial charge in [-0.25, -0.2) is 22.2 Å². The molecule has 174 valence electrons. The maximum atomic E-state index is 12.8. The highest BCUT2D eigenvalue weighted by molar-refractivity contribution is 7.88. The van der Waals surface area contributed by atoms with Gasteiger partial charge in [0.05, 0.1) is 6.26 Å². The van der Waals surface area contributed by atoms with Crippen molar-refractivity contribution in [1.82, 2.24) is 23.6 Å². The van der Waals surface area contributed by atoms with Gasteiger partial charge in [-0.15, -0.1) is 0 Å². The molecule has 3 heterocycles. The van der Waals surface area contributed by atoms with Crippen molar-refractivity contribution in [1.29, 1.82) is 0 Å². The highest BCUT2D eigenvalue weighted by Gasteiger charge is 2.30. The van der Waals surface area contributed by atoms with Gasteiger partial charge in [0.25, 0.3) is 0 Å². The van der Waals surface area contributed by atoms with Crippen LogP contribution in [0.3, 0.4) is 0 Å². The topological polar surface area (TPSA) is 101 Å². The summed E-state index contributed by atoms with van der Waals surface area (Å²) in [4.78, 5) is 29.6. The van der Waals surface area contributed by atoms with Crippen LogP contribution in [0.2, 0.25) is 0 Å². The Morgan fingerprint density at radius 3 is 2.25 bits per heavy atom. The second kappa shape index (κ2) is 9.07. The fourth-order valence-electron chi connectivity index (χ4n) is 4.49. The van der Waals surface area contributed by atoms with Gasteiger partial charge in [0.2, 0.25) is 15.9 Å². The molecule has 0 saturated carbocycles. The number of carbonyl (C=O) groups is 1. The Kier molecular flexibility index (Phi) is 6.38. The van der Waals surface area contributed by atoms with Crippen molar-refractivity contribution in [2.45, 2.75) is 25.3 Å². The number of amides is 1. The van der Waals surface area contributed by atoms with Crippen LogP contribution in [0.25, 0.3) is 0 Å². The van der Waals surface area contributed by atoms with E-state index in [9.17, 15) is 18.0 Å². The lowest BCUT2D eigenvalue weighted by molar-refractivity contribution is -0.132. The SMILES string of the molecule is Cn1c(C2CCN(S(C)(=O)=O)CC2)nn(CC(=O)N2CCN(c3ccccc3)CC2)c1=O. The Bertz CT molecular complexity index is 1110. The lowest BCUT2D eigenvalue weighted by atomic mass is 9.97. The maximum Gasteiger partial charge on any atom is 0.346 e. The third-order valence-electron chi connectivity index (χ3n) is 6.40. The molecule has 2 aliphatic rings. The van der Waals surface area contributed by atoms with E-state index in [-0.39, 0.29) is 24.1 Å². The maximum absolute atomic E-state index is 12.8. The van der Waals surface area contributed by atoms with Crippen LogP contribution in [0.4, 0.5) is 5.69 Å². The quantitative estimate of drug-likeness (QED) is 0.623. The molecule has 1 aromatic carbocycles. The highest BCUT2D eigenvalue weighted by Crippen LogP contribution is 2.26. The molecule has 11 heteroatoms. The van der Waals surface area contributed by atoms with E-state index >= 15 is 0 Å². The van der Waals surface area contributed by atoms with Crippen LogP contribution >= 0.6 is 0 Å². The minimum absolute atomic E-state index is 0.00327. The van der Waals surface area contributed by atoms with Crippen LogP contribution in [-0.4, -0.2) is 83.4 Å². The number of sulfonamides is 1. The Morgan fingerprint density at radius 1 is 1.03 bits per heavy atom. The smallest absolute Gasteiger partial charge is 0.346 e. The van der Waals surface area contributed by atoms with E-state index < -0.39 is 10.0 Å². The Morgan fingerprint density at radius 2 is 1.66 bits per heavy atom. The summed E-state index contributed by atoms with van der Waals surface area (Å²) >= 11 is 0. The van der Waals surface area contributed by atoms with Crippen LogP contribution in [0.1, 0.15) is 24.6 Å². The number of nitrogens with zero attached hydrogens (tertiary/aromatic N) is 6. The molecule has 0 radical (unpaired) electrons. The summed E-state index contributed by atoms with van der Waals surface area (Å²) in [5.74, 6) is 0.498. The molecule has 0 unspecified atom stereocenters. The first-order valence-electron chi connectivity index (χ1n) is 10.9. The van der Waals surface area contributed by atoms with Gasteiger partial charge in [-0.1, -0.05) is 18.2 Å². The molecule has 0 aliphatic carbocycles. The number of para-hydroxylation sites is 1.